The van der Waals surface area contributed by atoms with Crippen LogP contribution < -0.4 is 0 Å². The predicted molar refractivity (Wildman–Crippen MR) is 58.0 cm³/mol. The maximum atomic E-state index is 12.2. The van der Waals surface area contributed by atoms with Crippen LogP contribution in [0.15, 0.2) is 34.9 Å². The Morgan fingerprint density at radius 3 is 2.12 bits per heavy atom. The minimum atomic E-state index is -4.56. The maximum Gasteiger partial charge on any atom is 0.453 e. The SMILES string of the molecule is FC(F)(F)c1ncc(-c2ccc(Br)cc2)nn1. The van der Waals surface area contributed by atoms with Crippen LogP contribution in [0, 0.1) is 0 Å². The molecule has 17 heavy (non-hydrogen) atoms. The summed E-state index contributed by atoms with van der Waals surface area (Å²) >= 11 is 3.26. The second-order valence-electron chi connectivity index (χ2n) is 3.17. The molecule has 0 aliphatic rings. The van der Waals surface area contributed by atoms with E-state index in [1.165, 1.54) is 0 Å². The first-order valence-electron chi connectivity index (χ1n) is 4.49. The molecule has 7 heteroatoms. The fourth-order valence-electron chi connectivity index (χ4n) is 1.16. The molecule has 0 aliphatic carbocycles. The van der Waals surface area contributed by atoms with E-state index in [-0.39, 0.29) is 0 Å². The molecule has 2 aromatic rings. The van der Waals surface area contributed by atoms with Crippen molar-refractivity contribution in [2.24, 2.45) is 0 Å². The van der Waals surface area contributed by atoms with E-state index in [4.69, 9.17) is 0 Å². The fraction of sp³-hybridized carbons (Fsp3) is 0.100. The van der Waals surface area contributed by atoms with Crippen LogP contribution in [0.3, 0.4) is 0 Å². The molecule has 1 aromatic carbocycles. The highest BCUT2D eigenvalue weighted by Gasteiger charge is 2.35. The van der Waals surface area contributed by atoms with Crippen LogP contribution in [0.25, 0.3) is 11.3 Å². The fourth-order valence-corrected chi connectivity index (χ4v) is 1.42. The lowest BCUT2D eigenvalue weighted by Gasteiger charge is -2.04. The van der Waals surface area contributed by atoms with Gasteiger partial charge in [-0.05, 0) is 12.1 Å². The summed E-state index contributed by atoms with van der Waals surface area (Å²) in [5, 5.41) is 6.55. The zero-order chi connectivity index (χ0) is 12.5. The van der Waals surface area contributed by atoms with E-state index in [1.807, 2.05) is 0 Å². The van der Waals surface area contributed by atoms with E-state index in [0.29, 0.717) is 11.3 Å². The van der Waals surface area contributed by atoms with E-state index in [2.05, 4.69) is 31.1 Å². The summed E-state index contributed by atoms with van der Waals surface area (Å²) in [6.07, 6.45) is -3.51. The van der Waals surface area contributed by atoms with E-state index >= 15 is 0 Å². The van der Waals surface area contributed by atoms with E-state index in [9.17, 15) is 13.2 Å². The van der Waals surface area contributed by atoms with Gasteiger partial charge in [-0.2, -0.15) is 13.2 Å². The predicted octanol–water partition coefficient (Wildman–Crippen LogP) is 3.32. The lowest BCUT2D eigenvalue weighted by molar-refractivity contribution is -0.145. The van der Waals surface area contributed by atoms with Gasteiger partial charge < -0.3 is 0 Å². The number of alkyl halides is 3. The molecule has 0 bridgehead atoms. The highest BCUT2D eigenvalue weighted by Crippen LogP contribution is 2.26. The molecule has 0 unspecified atom stereocenters. The van der Waals surface area contributed by atoms with Gasteiger partial charge in [0, 0.05) is 10.0 Å². The third kappa shape index (κ3) is 2.79. The molecule has 3 nitrogen and oxygen atoms in total. The van der Waals surface area contributed by atoms with Crippen LogP contribution >= 0.6 is 15.9 Å². The van der Waals surface area contributed by atoms with Gasteiger partial charge in [0.25, 0.3) is 5.82 Å². The Morgan fingerprint density at radius 1 is 1.00 bits per heavy atom. The van der Waals surface area contributed by atoms with Crippen LogP contribution in [0.4, 0.5) is 13.2 Å². The van der Waals surface area contributed by atoms with Gasteiger partial charge in [0.1, 0.15) is 5.69 Å². The van der Waals surface area contributed by atoms with E-state index in [0.717, 1.165) is 10.7 Å². The van der Waals surface area contributed by atoms with Crippen LogP contribution in [-0.4, -0.2) is 15.2 Å². The maximum absolute atomic E-state index is 12.2. The number of rotatable bonds is 1. The minimum Gasteiger partial charge on any atom is -0.229 e. The van der Waals surface area contributed by atoms with Crippen molar-refractivity contribution >= 4 is 15.9 Å². The molecule has 0 N–H and O–H groups in total. The molecule has 0 saturated heterocycles. The summed E-state index contributed by atoms with van der Waals surface area (Å²) in [6.45, 7) is 0. The monoisotopic (exact) mass is 303 g/mol. The number of hydrogen-bond donors (Lipinski definition) is 0. The summed E-state index contributed by atoms with van der Waals surface area (Å²) in [7, 11) is 0. The number of halogens is 4. The molecule has 0 saturated carbocycles. The van der Waals surface area contributed by atoms with Crippen molar-refractivity contribution in [3.63, 3.8) is 0 Å². The highest BCUT2D eigenvalue weighted by molar-refractivity contribution is 9.10. The van der Waals surface area contributed by atoms with Crippen molar-refractivity contribution in [3.8, 4) is 11.3 Å². The zero-order valence-electron chi connectivity index (χ0n) is 8.24. The third-order valence-electron chi connectivity index (χ3n) is 1.96. The largest absolute Gasteiger partial charge is 0.453 e. The van der Waals surface area contributed by atoms with Crippen LogP contribution in [0.1, 0.15) is 5.82 Å². The molecule has 0 fully saturated rings. The summed E-state index contributed by atoms with van der Waals surface area (Å²) in [4.78, 5) is 3.24. The normalized spacial score (nSPS) is 11.5. The van der Waals surface area contributed by atoms with Gasteiger partial charge in [0.2, 0.25) is 0 Å². The average molecular weight is 304 g/mol. The minimum absolute atomic E-state index is 0.297. The highest BCUT2D eigenvalue weighted by atomic mass is 79.9. The second-order valence-corrected chi connectivity index (χ2v) is 4.09. The molecule has 0 aliphatic heterocycles. The van der Waals surface area contributed by atoms with Gasteiger partial charge in [-0.3, -0.25) is 0 Å². The molecule has 0 amide bonds. The molecular weight excluding hydrogens is 299 g/mol. The first-order chi connectivity index (χ1) is 7.97. The smallest absolute Gasteiger partial charge is 0.229 e. The van der Waals surface area contributed by atoms with Crippen molar-refractivity contribution in [1.82, 2.24) is 15.2 Å². The summed E-state index contributed by atoms with van der Waals surface area (Å²) < 4.78 is 37.5. The Bertz CT molecular complexity index is 508. The van der Waals surface area contributed by atoms with Crippen molar-refractivity contribution in [3.05, 3.63) is 40.8 Å². The van der Waals surface area contributed by atoms with Gasteiger partial charge in [0.05, 0.1) is 6.20 Å². The Labute approximate surface area is 103 Å². The number of benzene rings is 1. The molecule has 1 heterocycles. The zero-order valence-corrected chi connectivity index (χ0v) is 9.83. The van der Waals surface area contributed by atoms with Crippen LogP contribution in [-0.2, 0) is 6.18 Å². The van der Waals surface area contributed by atoms with Crippen molar-refractivity contribution in [2.75, 3.05) is 0 Å². The number of hydrogen-bond acceptors (Lipinski definition) is 3. The molecule has 2 rings (SSSR count). The lowest BCUT2D eigenvalue weighted by Crippen LogP contribution is -2.12. The standard InChI is InChI=1S/C10H5BrF3N3/c11-7-3-1-6(2-4-7)8-5-15-9(17-16-8)10(12,13)14/h1-5H. The van der Waals surface area contributed by atoms with E-state index < -0.39 is 12.0 Å². The number of nitrogens with zero attached hydrogens (tertiary/aromatic N) is 3. The first kappa shape index (κ1) is 12.0. The van der Waals surface area contributed by atoms with Gasteiger partial charge in [-0.15, -0.1) is 10.2 Å². The summed E-state index contributed by atoms with van der Waals surface area (Å²) in [5.74, 6) is -1.24. The average Bonchev–Trinajstić information content (AvgIpc) is 2.29. The van der Waals surface area contributed by atoms with Crippen LogP contribution in [0.2, 0.25) is 0 Å². The van der Waals surface area contributed by atoms with Crippen molar-refractivity contribution in [2.45, 2.75) is 6.18 Å². The molecule has 88 valence electrons. The van der Waals surface area contributed by atoms with Gasteiger partial charge in [-0.1, -0.05) is 28.1 Å². The molecule has 0 spiro atoms. The summed E-state index contributed by atoms with van der Waals surface area (Å²) in [6, 6.07) is 6.94. The third-order valence-corrected chi connectivity index (χ3v) is 2.48. The Balaban J connectivity index is 2.33. The molecule has 1 aromatic heterocycles. The van der Waals surface area contributed by atoms with Crippen molar-refractivity contribution in [1.29, 1.82) is 0 Å². The Hall–Kier alpha value is -1.50. The van der Waals surface area contributed by atoms with Gasteiger partial charge >= 0.3 is 6.18 Å². The second kappa shape index (κ2) is 4.40. The van der Waals surface area contributed by atoms with Crippen LogP contribution in [0.5, 0.6) is 0 Å². The Kier molecular flexibility index (Phi) is 3.10. The van der Waals surface area contributed by atoms with Gasteiger partial charge in [-0.25, -0.2) is 4.98 Å². The van der Waals surface area contributed by atoms with E-state index in [1.54, 1.807) is 24.3 Å². The topological polar surface area (TPSA) is 38.7 Å². The van der Waals surface area contributed by atoms with Gasteiger partial charge in [0.15, 0.2) is 0 Å². The molecular formula is C10H5BrF3N3. The Morgan fingerprint density at radius 2 is 1.65 bits per heavy atom. The first-order valence-corrected chi connectivity index (χ1v) is 5.29. The summed E-state index contributed by atoms with van der Waals surface area (Å²) in [5.41, 5.74) is 0.951. The number of aromatic nitrogens is 3. The quantitative estimate of drug-likeness (QED) is 0.811. The molecule has 0 atom stereocenters. The lowest BCUT2D eigenvalue weighted by atomic mass is 10.2. The molecule has 0 radical (unpaired) electrons. The van der Waals surface area contributed by atoms with Crippen molar-refractivity contribution < 1.29 is 13.2 Å².